The van der Waals surface area contributed by atoms with E-state index in [9.17, 15) is 14.4 Å². The Kier molecular flexibility index (Phi) is 7.74. The van der Waals surface area contributed by atoms with Crippen LogP contribution in [0, 0.1) is 5.92 Å². The van der Waals surface area contributed by atoms with E-state index in [2.05, 4.69) is 10.4 Å². The van der Waals surface area contributed by atoms with Gasteiger partial charge in [-0.2, -0.15) is 5.10 Å². The first-order valence-electron chi connectivity index (χ1n) is 9.05. The quantitative estimate of drug-likeness (QED) is 0.657. The molecule has 8 heteroatoms. The Balaban J connectivity index is 2.04. The Labute approximate surface area is 163 Å². The molecule has 0 unspecified atom stereocenters. The highest BCUT2D eigenvalue weighted by molar-refractivity contribution is 5.95. The number of carbonyl (C=O) groups is 2. The van der Waals surface area contributed by atoms with Gasteiger partial charge in [-0.05, 0) is 30.5 Å². The summed E-state index contributed by atoms with van der Waals surface area (Å²) in [5.41, 5.74) is -0.308. The number of nitrogens with one attached hydrogen (secondary N) is 1. The molecule has 0 aliphatic carbocycles. The summed E-state index contributed by atoms with van der Waals surface area (Å²) in [5, 5.41) is 6.70. The molecule has 1 N–H and O–H groups in total. The summed E-state index contributed by atoms with van der Waals surface area (Å²) >= 11 is 0. The van der Waals surface area contributed by atoms with Crippen molar-refractivity contribution in [3.63, 3.8) is 0 Å². The number of aromatic nitrogens is 2. The molecule has 1 aromatic carbocycles. The van der Waals surface area contributed by atoms with Crippen molar-refractivity contribution in [3.8, 4) is 5.75 Å². The number of benzene rings is 1. The fourth-order valence-corrected chi connectivity index (χ4v) is 2.56. The van der Waals surface area contributed by atoms with Crippen molar-refractivity contribution in [2.75, 3.05) is 13.7 Å². The van der Waals surface area contributed by atoms with Crippen LogP contribution in [0.4, 0.5) is 0 Å². The Hall–Kier alpha value is -3.16. The molecular formula is C20H25N3O5. The number of hydrogen-bond donors (Lipinski definition) is 1. The number of ether oxygens (including phenoxy) is 2. The van der Waals surface area contributed by atoms with Gasteiger partial charge >= 0.3 is 5.97 Å². The maximum atomic E-state index is 12.5. The predicted octanol–water partition coefficient (Wildman–Crippen LogP) is 1.64. The van der Waals surface area contributed by atoms with Crippen LogP contribution >= 0.6 is 0 Å². The van der Waals surface area contributed by atoms with Crippen molar-refractivity contribution in [3.05, 3.63) is 58.5 Å². The molecule has 0 aliphatic rings. The van der Waals surface area contributed by atoms with Crippen molar-refractivity contribution in [2.24, 2.45) is 5.92 Å². The predicted molar refractivity (Wildman–Crippen MR) is 103 cm³/mol. The van der Waals surface area contributed by atoms with Crippen LogP contribution in [-0.2, 0) is 16.1 Å². The molecule has 1 aromatic heterocycles. The molecule has 0 fully saturated rings. The van der Waals surface area contributed by atoms with Crippen molar-refractivity contribution in [1.82, 2.24) is 15.1 Å². The minimum Gasteiger partial charge on any atom is -0.492 e. The molecule has 1 heterocycles. The number of carbonyl (C=O) groups excluding carboxylic acids is 2. The van der Waals surface area contributed by atoms with E-state index in [0.29, 0.717) is 12.2 Å². The molecule has 2 rings (SSSR count). The number of rotatable bonds is 9. The van der Waals surface area contributed by atoms with Crippen molar-refractivity contribution >= 4 is 11.9 Å². The molecule has 150 valence electrons. The smallest absolute Gasteiger partial charge is 0.328 e. The van der Waals surface area contributed by atoms with Crippen LogP contribution in [0.25, 0.3) is 0 Å². The average Bonchev–Trinajstić information content (AvgIpc) is 2.68. The first kappa shape index (κ1) is 21.1. The van der Waals surface area contributed by atoms with E-state index >= 15 is 0 Å². The van der Waals surface area contributed by atoms with Crippen LogP contribution in [0.2, 0.25) is 0 Å². The largest absolute Gasteiger partial charge is 0.492 e. The molecule has 0 bridgehead atoms. The average molecular weight is 387 g/mol. The van der Waals surface area contributed by atoms with Gasteiger partial charge in [0.1, 0.15) is 24.1 Å². The highest BCUT2D eigenvalue weighted by atomic mass is 16.5. The second kappa shape index (κ2) is 10.2. The summed E-state index contributed by atoms with van der Waals surface area (Å²) in [6.45, 7) is 4.28. The topological polar surface area (TPSA) is 99.5 Å². The maximum Gasteiger partial charge on any atom is 0.328 e. The van der Waals surface area contributed by atoms with Crippen molar-refractivity contribution in [1.29, 1.82) is 0 Å². The molecule has 1 atom stereocenters. The summed E-state index contributed by atoms with van der Waals surface area (Å²) in [4.78, 5) is 36.4. The zero-order chi connectivity index (χ0) is 20.5. The fraction of sp³-hybridized carbons (Fsp3) is 0.400. The number of methoxy groups -OCH3 is 1. The van der Waals surface area contributed by atoms with Gasteiger partial charge in [0, 0.05) is 6.07 Å². The molecule has 0 radical (unpaired) electrons. The van der Waals surface area contributed by atoms with Gasteiger partial charge in [-0.25, -0.2) is 9.48 Å². The van der Waals surface area contributed by atoms with Gasteiger partial charge in [0.2, 0.25) is 0 Å². The fourth-order valence-electron chi connectivity index (χ4n) is 2.56. The molecule has 8 nitrogen and oxygen atoms in total. The van der Waals surface area contributed by atoms with Crippen molar-refractivity contribution < 1.29 is 19.1 Å². The zero-order valence-corrected chi connectivity index (χ0v) is 16.3. The second-order valence-corrected chi connectivity index (χ2v) is 6.62. The van der Waals surface area contributed by atoms with Gasteiger partial charge < -0.3 is 14.8 Å². The van der Waals surface area contributed by atoms with E-state index in [1.165, 1.54) is 19.2 Å². The van der Waals surface area contributed by atoms with Gasteiger partial charge in [-0.15, -0.1) is 0 Å². The highest BCUT2D eigenvalue weighted by Gasteiger charge is 2.24. The summed E-state index contributed by atoms with van der Waals surface area (Å²) in [7, 11) is 1.27. The van der Waals surface area contributed by atoms with E-state index in [1.54, 1.807) is 0 Å². The molecule has 1 amide bonds. The number of amides is 1. The number of nitrogens with zero attached hydrogens (tertiary/aromatic N) is 2. The standard InChI is InChI=1S/C20H25N3O5/c1-14(2)13-17(20(26)27-3)21-19(25)16-9-10-18(24)23(22-16)11-12-28-15-7-5-4-6-8-15/h4-10,14,17H,11-13H2,1-3H3,(H,21,25)/t17-/m1/s1. The zero-order valence-electron chi connectivity index (χ0n) is 16.3. The Morgan fingerprint density at radius 3 is 2.50 bits per heavy atom. The first-order valence-corrected chi connectivity index (χ1v) is 9.05. The van der Waals surface area contributed by atoms with Crippen LogP contribution in [0.5, 0.6) is 5.75 Å². The van der Waals surface area contributed by atoms with Crippen LogP contribution in [0.3, 0.4) is 0 Å². The summed E-state index contributed by atoms with van der Waals surface area (Å²) in [5.74, 6) is -0.207. The van der Waals surface area contributed by atoms with Gasteiger partial charge in [-0.1, -0.05) is 32.0 Å². The van der Waals surface area contributed by atoms with Gasteiger partial charge in [0.25, 0.3) is 11.5 Å². The summed E-state index contributed by atoms with van der Waals surface area (Å²) in [6, 6.07) is 11.0. The monoisotopic (exact) mass is 387 g/mol. The lowest BCUT2D eigenvalue weighted by Gasteiger charge is -2.18. The number of esters is 1. The third-order valence-corrected chi connectivity index (χ3v) is 3.91. The van der Waals surface area contributed by atoms with Crippen molar-refractivity contribution in [2.45, 2.75) is 32.9 Å². The Bertz CT molecular complexity index is 848. The lowest BCUT2D eigenvalue weighted by molar-refractivity contribution is -0.143. The summed E-state index contributed by atoms with van der Waals surface area (Å²) < 4.78 is 11.5. The molecule has 2 aromatic rings. The van der Waals surface area contributed by atoms with E-state index in [-0.39, 0.29) is 30.3 Å². The minimum absolute atomic E-state index is 0.0389. The van der Waals surface area contributed by atoms with Gasteiger partial charge in [-0.3, -0.25) is 9.59 Å². The van der Waals surface area contributed by atoms with E-state index in [0.717, 1.165) is 4.68 Å². The number of hydrogen-bond acceptors (Lipinski definition) is 6. The SMILES string of the molecule is COC(=O)[C@@H](CC(C)C)NC(=O)c1ccc(=O)n(CCOc2ccccc2)n1. The van der Waals surface area contributed by atoms with Crippen LogP contribution in [0.15, 0.2) is 47.3 Å². The normalized spacial score (nSPS) is 11.7. The first-order chi connectivity index (χ1) is 13.4. The van der Waals surface area contributed by atoms with E-state index in [4.69, 9.17) is 9.47 Å². The van der Waals surface area contributed by atoms with E-state index < -0.39 is 17.9 Å². The third kappa shape index (κ3) is 6.22. The molecule has 0 aliphatic heterocycles. The van der Waals surface area contributed by atoms with Crippen LogP contribution < -0.4 is 15.6 Å². The van der Waals surface area contributed by atoms with Gasteiger partial charge in [0.05, 0.1) is 13.7 Å². The van der Waals surface area contributed by atoms with Gasteiger partial charge in [0.15, 0.2) is 0 Å². The Morgan fingerprint density at radius 1 is 1.14 bits per heavy atom. The van der Waals surface area contributed by atoms with Crippen LogP contribution in [0.1, 0.15) is 30.8 Å². The lowest BCUT2D eigenvalue weighted by Crippen LogP contribution is -2.43. The minimum atomic E-state index is -0.777. The third-order valence-electron chi connectivity index (χ3n) is 3.91. The van der Waals surface area contributed by atoms with Crippen LogP contribution in [-0.4, -0.2) is 41.4 Å². The molecular weight excluding hydrogens is 362 g/mol. The second-order valence-electron chi connectivity index (χ2n) is 6.62. The highest BCUT2D eigenvalue weighted by Crippen LogP contribution is 2.08. The van der Waals surface area contributed by atoms with E-state index in [1.807, 2.05) is 44.2 Å². The Morgan fingerprint density at radius 2 is 1.86 bits per heavy atom. The molecule has 0 spiro atoms. The number of para-hydroxylation sites is 1. The lowest BCUT2D eigenvalue weighted by atomic mass is 10.0. The molecule has 28 heavy (non-hydrogen) atoms. The molecule has 0 saturated carbocycles. The summed E-state index contributed by atoms with van der Waals surface area (Å²) in [6.07, 6.45) is 0.434. The maximum absolute atomic E-state index is 12.5. The molecule has 0 saturated heterocycles.